The van der Waals surface area contributed by atoms with Gasteiger partial charge >= 0.3 is 0 Å². The van der Waals surface area contributed by atoms with E-state index in [0.29, 0.717) is 31.0 Å². The summed E-state index contributed by atoms with van der Waals surface area (Å²) < 4.78 is 6.27. The van der Waals surface area contributed by atoms with E-state index in [4.69, 9.17) is 4.74 Å². The van der Waals surface area contributed by atoms with E-state index in [1.54, 1.807) is 6.07 Å². The fourth-order valence-corrected chi connectivity index (χ4v) is 4.65. The Balaban J connectivity index is 1.58. The molecule has 4 rings (SSSR count). The third-order valence-electron chi connectivity index (χ3n) is 7.09. The molecule has 0 unspecified atom stereocenters. The van der Waals surface area contributed by atoms with E-state index in [9.17, 15) is 15.2 Å². The predicted molar refractivity (Wildman–Crippen MR) is 159 cm³/mol. The molecule has 0 aliphatic carbocycles. The number of aliphatic hydroxyl groups excluding tert-OH is 1. The minimum atomic E-state index is -0.637. The number of nitriles is 1. The summed E-state index contributed by atoms with van der Waals surface area (Å²) in [7, 11) is 2.06. The average molecular weight is 534 g/mol. The molecule has 4 aromatic rings. The van der Waals surface area contributed by atoms with Crippen molar-refractivity contribution in [2.75, 3.05) is 18.6 Å². The van der Waals surface area contributed by atoms with Gasteiger partial charge in [-0.05, 0) is 59.9 Å². The third kappa shape index (κ3) is 7.15. The van der Waals surface area contributed by atoms with E-state index in [2.05, 4.69) is 72.7 Å². The second-order valence-electron chi connectivity index (χ2n) is 9.93. The first kappa shape index (κ1) is 28.6. The van der Waals surface area contributed by atoms with Crippen molar-refractivity contribution < 1.29 is 14.6 Å². The van der Waals surface area contributed by atoms with Gasteiger partial charge in [0.05, 0.1) is 24.3 Å². The normalized spacial score (nSPS) is 11.5. The molecule has 6 nitrogen and oxygen atoms in total. The van der Waals surface area contributed by atoms with Gasteiger partial charge in [0, 0.05) is 37.5 Å². The number of hydrogen-bond donors (Lipinski definition) is 2. The lowest BCUT2D eigenvalue weighted by atomic mass is 9.96. The van der Waals surface area contributed by atoms with Crippen LogP contribution in [-0.2, 0) is 24.5 Å². The number of ether oxygens (including phenoxy) is 1. The molecule has 0 saturated carbocycles. The molecular formula is C34H35N3O3. The van der Waals surface area contributed by atoms with E-state index in [0.717, 1.165) is 16.8 Å². The molecule has 0 aromatic heterocycles. The Hall–Kier alpha value is -4.44. The van der Waals surface area contributed by atoms with Crippen LogP contribution in [-0.4, -0.2) is 30.6 Å². The Bertz CT molecular complexity index is 1490. The van der Waals surface area contributed by atoms with E-state index in [-0.39, 0.29) is 12.4 Å². The molecule has 0 bridgehead atoms. The standard InChI is InChI=1S/C34H35N3O3/c1-24-30(13-8-14-32(24)28-11-5-4-6-12-28)21-37(3)31-16-15-29(20-36-33(22-38)25(2)39)34(18-31)40-23-27-10-7-9-26(17-27)19-35/h4-18,33,36,38H,20-23H2,1-3H3/t33-/m1/s1. The molecular weight excluding hydrogens is 498 g/mol. The zero-order chi connectivity index (χ0) is 28.5. The van der Waals surface area contributed by atoms with Gasteiger partial charge in [0.25, 0.3) is 0 Å². The zero-order valence-corrected chi connectivity index (χ0v) is 23.2. The van der Waals surface area contributed by atoms with Crippen molar-refractivity contribution in [3.8, 4) is 22.9 Å². The third-order valence-corrected chi connectivity index (χ3v) is 7.09. The summed E-state index contributed by atoms with van der Waals surface area (Å²) in [4.78, 5) is 14.0. The second kappa shape index (κ2) is 13.6. The molecule has 1 atom stereocenters. The Morgan fingerprint density at radius 2 is 1.77 bits per heavy atom. The van der Waals surface area contributed by atoms with Gasteiger partial charge in [-0.25, -0.2) is 0 Å². The van der Waals surface area contributed by atoms with Crippen molar-refractivity contribution in [2.24, 2.45) is 0 Å². The minimum absolute atomic E-state index is 0.122. The van der Waals surface area contributed by atoms with Crippen molar-refractivity contribution in [3.63, 3.8) is 0 Å². The van der Waals surface area contributed by atoms with Crippen molar-refractivity contribution in [1.29, 1.82) is 5.26 Å². The van der Waals surface area contributed by atoms with Crippen LogP contribution < -0.4 is 15.0 Å². The molecule has 0 radical (unpaired) electrons. The van der Waals surface area contributed by atoms with E-state index >= 15 is 0 Å². The van der Waals surface area contributed by atoms with E-state index in [1.807, 2.05) is 42.5 Å². The van der Waals surface area contributed by atoms with Crippen LogP contribution in [0.3, 0.4) is 0 Å². The van der Waals surface area contributed by atoms with Crippen molar-refractivity contribution in [2.45, 2.75) is 39.6 Å². The molecule has 0 heterocycles. The molecule has 0 aliphatic heterocycles. The fraction of sp³-hybridized carbons (Fsp3) is 0.235. The number of carbonyl (C=O) groups excluding carboxylic acids is 1. The highest BCUT2D eigenvalue weighted by Crippen LogP contribution is 2.30. The SMILES string of the molecule is CC(=O)[C@@H](CO)NCc1ccc(N(C)Cc2cccc(-c3ccccc3)c2C)cc1OCc1cccc(C#N)c1. The van der Waals surface area contributed by atoms with Gasteiger partial charge in [-0.3, -0.25) is 4.79 Å². The summed E-state index contributed by atoms with van der Waals surface area (Å²) in [6.07, 6.45) is 0. The number of hydrogen-bond acceptors (Lipinski definition) is 6. The smallest absolute Gasteiger partial charge is 0.149 e. The molecule has 6 heteroatoms. The minimum Gasteiger partial charge on any atom is -0.488 e. The molecule has 0 aliphatic rings. The lowest BCUT2D eigenvalue weighted by molar-refractivity contribution is -0.119. The molecule has 2 N–H and O–H groups in total. The monoisotopic (exact) mass is 533 g/mol. The Kier molecular flexibility index (Phi) is 9.69. The van der Waals surface area contributed by atoms with Crippen LogP contribution in [0.1, 0.15) is 34.7 Å². The van der Waals surface area contributed by atoms with Crippen LogP contribution in [0.25, 0.3) is 11.1 Å². The van der Waals surface area contributed by atoms with Crippen LogP contribution >= 0.6 is 0 Å². The first-order chi connectivity index (χ1) is 19.4. The van der Waals surface area contributed by atoms with Crippen LogP contribution in [0, 0.1) is 18.3 Å². The zero-order valence-electron chi connectivity index (χ0n) is 23.2. The summed E-state index contributed by atoms with van der Waals surface area (Å²) >= 11 is 0. The predicted octanol–water partition coefficient (Wildman–Crippen LogP) is 5.79. The largest absolute Gasteiger partial charge is 0.488 e. The number of benzene rings is 4. The first-order valence-electron chi connectivity index (χ1n) is 13.3. The number of aliphatic hydroxyl groups is 1. The molecule has 0 amide bonds. The van der Waals surface area contributed by atoms with Crippen LogP contribution in [0.4, 0.5) is 5.69 Å². The molecule has 204 valence electrons. The number of ketones is 1. The van der Waals surface area contributed by atoms with Gasteiger partial charge < -0.3 is 20.1 Å². The second-order valence-corrected chi connectivity index (χ2v) is 9.93. The van der Waals surface area contributed by atoms with Gasteiger partial charge in [-0.1, -0.05) is 66.7 Å². The van der Waals surface area contributed by atoms with Crippen molar-refractivity contribution in [1.82, 2.24) is 5.32 Å². The number of nitrogens with one attached hydrogen (secondary N) is 1. The summed E-state index contributed by atoms with van der Waals surface area (Å²) in [5.41, 5.74) is 8.23. The highest BCUT2D eigenvalue weighted by atomic mass is 16.5. The first-order valence-corrected chi connectivity index (χ1v) is 13.3. The number of anilines is 1. The quantitative estimate of drug-likeness (QED) is 0.240. The Morgan fingerprint density at radius 3 is 2.50 bits per heavy atom. The topological polar surface area (TPSA) is 85.6 Å². The Labute approximate surface area is 236 Å². The maximum Gasteiger partial charge on any atom is 0.149 e. The highest BCUT2D eigenvalue weighted by Gasteiger charge is 2.15. The lowest BCUT2D eigenvalue weighted by Crippen LogP contribution is -2.38. The average Bonchev–Trinajstić information content (AvgIpc) is 2.98. The Morgan fingerprint density at radius 1 is 1.00 bits per heavy atom. The summed E-state index contributed by atoms with van der Waals surface area (Å²) in [5.74, 6) is 0.553. The summed E-state index contributed by atoms with van der Waals surface area (Å²) in [6, 6.07) is 31.7. The van der Waals surface area contributed by atoms with Gasteiger partial charge in [-0.15, -0.1) is 0 Å². The maximum absolute atomic E-state index is 11.8. The molecule has 4 aromatic carbocycles. The fourth-order valence-electron chi connectivity index (χ4n) is 4.65. The summed E-state index contributed by atoms with van der Waals surface area (Å²) in [6.45, 7) is 4.72. The molecule has 40 heavy (non-hydrogen) atoms. The van der Waals surface area contributed by atoms with Gasteiger partial charge in [0.15, 0.2) is 0 Å². The highest BCUT2D eigenvalue weighted by molar-refractivity contribution is 5.81. The van der Waals surface area contributed by atoms with Gasteiger partial charge in [-0.2, -0.15) is 5.26 Å². The molecule has 0 saturated heterocycles. The van der Waals surface area contributed by atoms with Gasteiger partial charge in [0.2, 0.25) is 0 Å². The molecule has 0 spiro atoms. The van der Waals surface area contributed by atoms with E-state index < -0.39 is 6.04 Å². The number of rotatable bonds is 12. The summed E-state index contributed by atoms with van der Waals surface area (Å²) in [5, 5.41) is 21.9. The van der Waals surface area contributed by atoms with E-state index in [1.165, 1.54) is 29.2 Å². The van der Waals surface area contributed by atoms with Gasteiger partial charge in [0.1, 0.15) is 18.1 Å². The lowest BCUT2D eigenvalue weighted by Gasteiger charge is -2.24. The van der Waals surface area contributed by atoms with Crippen molar-refractivity contribution in [3.05, 3.63) is 119 Å². The van der Waals surface area contributed by atoms with Crippen molar-refractivity contribution >= 4 is 11.5 Å². The van der Waals surface area contributed by atoms with Crippen LogP contribution in [0.2, 0.25) is 0 Å². The number of Topliss-reactive ketones (excluding diaryl/α,β-unsaturated/α-hetero) is 1. The maximum atomic E-state index is 11.8. The van der Waals surface area contributed by atoms with Crippen LogP contribution in [0.15, 0.2) is 91.0 Å². The number of nitrogens with zero attached hydrogens (tertiary/aromatic N) is 2. The molecule has 0 fully saturated rings. The van der Waals surface area contributed by atoms with Crippen LogP contribution in [0.5, 0.6) is 5.75 Å². The number of carbonyl (C=O) groups is 1.